The highest BCUT2D eigenvalue weighted by Crippen LogP contribution is 2.38. The van der Waals surface area contributed by atoms with Crippen LogP contribution in [0.5, 0.6) is 5.75 Å². The molecule has 1 aliphatic heterocycles. The summed E-state index contributed by atoms with van der Waals surface area (Å²) in [6.45, 7) is 0.290. The number of fused-ring (bicyclic) bond motifs is 1. The van der Waals surface area contributed by atoms with Crippen LogP contribution in [0.1, 0.15) is 18.1 Å². The minimum Gasteiger partial charge on any atom is -0.491 e. The highest BCUT2D eigenvalue weighted by molar-refractivity contribution is 7.92. The number of anilines is 1. The standard InChI is InChI=1S/C18H16FN3O4S/c19-14-5-1-2-7-16(14)22-11-12(10-20-22)27(24,25)21-15-6-3-4-13-17(23)8-9-26-18(13)15/h1-7,10-11,17,21,23H,8-9H2. The van der Waals surface area contributed by atoms with E-state index in [1.807, 2.05) is 0 Å². The van der Waals surface area contributed by atoms with E-state index in [-0.39, 0.29) is 22.9 Å². The predicted octanol–water partition coefficient (Wildman–Crippen LogP) is 2.63. The second kappa shape index (κ2) is 6.67. The van der Waals surface area contributed by atoms with E-state index in [2.05, 4.69) is 9.82 Å². The molecule has 0 spiro atoms. The summed E-state index contributed by atoms with van der Waals surface area (Å²) in [6.07, 6.45) is 2.10. The summed E-state index contributed by atoms with van der Waals surface area (Å²) in [5.74, 6) is -0.210. The summed E-state index contributed by atoms with van der Waals surface area (Å²) in [6, 6.07) is 10.8. The minimum atomic E-state index is -3.98. The Bertz CT molecular complexity index is 1100. The number of nitrogens with one attached hydrogen (secondary N) is 1. The molecule has 0 amide bonds. The SMILES string of the molecule is O=S(=O)(Nc1cccc2c1OCCC2O)c1cnn(-c2ccccc2F)c1. The first kappa shape index (κ1) is 17.5. The molecule has 7 nitrogen and oxygen atoms in total. The smallest absolute Gasteiger partial charge is 0.265 e. The Kier molecular flexibility index (Phi) is 4.33. The first-order valence-electron chi connectivity index (χ1n) is 8.22. The van der Waals surface area contributed by atoms with Gasteiger partial charge in [0.1, 0.15) is 22.1 Å². The number of hydrogen-bond acceptors (Lipinski definition) is 5. The van der Waals surface area contributed by atoms with Crippen LogP contribution in [0.3, 0.4) is 0 Å². The van der Waals surface area contributed by atoms with Gasteiger partial charge in [-0.1, -0.05) is 24.3 Å². The molecule has 140 valence electrons. The largest absolute Gasteiger partial charge is 0.491 e. The molecule has 1 unspecified atom stereocenters. The molecule has 0 fully saturated rings. The third kappa shape index (κ3) is 3.26. The van der Waals surface area contributed by atoms with E-state index in [1.54, 1.807) is 24.3 Å². The highest BCUT2D eigenvalue weighted by atomic mass is 32.2. The average molecular weight is 389 g/mol. The topological polar surface area (TPSA) is 93.5 Å². The van der Waals surface area contributed by atoms with Gasteiger partial charge < -0.3 is 9.84 Å². The normalized spacial score (nSPS) is 16.4. The van der Waals surface area contributed by atoms with Gasteiger partial charge in [-0.3, -0.25) is 4.72 Å². The van der Waals surface area contributed by atoms with Crippen LogP contribution in [-0.4, -0.2) is 29.9 Å². The van der Waals surface area contributed by atoms with Gasteiger partial charge in [0.15, 0.2) is 0 Å². The lowest BCUT2D eigenvalue weighted by molar-refractivity contribution is 0.116. The van der Waals surface area contributed by atoms with Crippen molar-refractivity contribution in [2.24, 2.45) is 0 Å². The third-order valence-electron chi connectivity index (χ3n) is 4.25. The zero-order valence-corrected chi connectivity index (χ0v) is 14.9. The number of ether oxygens (including phenoxy) is 1. The van der Waals surface area contributed by atoms with E-state index < -0.39 is 21.9 Å². The van der Waals surface area contributed by atoms with Crippen molar-refractivity contribution < 1.29 is 22.7 Å². The van der Waals surface area contributed by atoms with Gasteiger partial charge in [0.25, 0.3) is 10.0 Å². The van der Waals surface area contributed by atoms with E-state index in [4.69, 9.17) is 4.74 Å². The molecule has 0 saturated heterocycles. The highest BCUT2D eigenvalue weighted by Gasteiger charge is 2.25. The Morgan fingerprint density at radius 3 is 2.85 bits per heavy atom. The van der Waals surface area contributed by atoms with E-state index in [9.17, 15) is 17.9 Å². The molecule has 0 bridgehead atoms. The van der Waals surface area contributed by atoms with Gasteiger partial charge in [-0.05, 0) is 18.2 Å². The van der Waals surface area contributed by atoms with Gasteiger partial charge in [-0.2, -0.15) is 5.10 Å². The molecular weight excluding hydrogens is 373 g/mol. The molecule has 1 aliphatic rings. The molecule has 0 saturated carbocycles. The first-order valence-corrected chi connectivity index (χ1v) is 9.70. The average Bonchev–Trinajstić information content (AvgIpc) is 3.14. The van der Waals surface area contributed by atoms with Crippen LogP contribution in [0.4, 0.5) is 10.1 Å². The van der Waals surface area contributed by atoms with Gasteiger partial charge in [0, 0.05) is 12.0 Å². The van der Waals surface area contributed by atoms with Crippen molar-refractivity contribution in [3.63, 3.8) is 0 Å². The number of rotatable bonds is 4. The molecule has 2 aromatic carbocycles. The molecule has 9 heteroatoms. The van der Waals surface area contributed by atoms with Crippen LogP contribution >= 0.6 is 0 Å². The number of halogens is 1. The quantitative estimate of drug-likeness (QED) is 0.716. The van der Waals surface area contributed by atoms with Crippen LogP contribution in [-0.2, 0) is 10.0 Å². The van der Waals surface area contributed by atoms with Crippen molar-refractivity contribution in [1.29, 1.82) is 0 Å². The van der Waals surface area contributed by atoms with Gasteiger partial charge >= 0.3 is 0 Å². The van der Waals surface area contributed by atoms with Gasteiger partial charge in [-0.15, -0.1) is 0 Å². The molecule has 0 aliphatic carbocycles. The minimum absolute atomic E-state index is 0.125. The number of aliphatic hydroxyl groups is 1. The molecule has 4 rings (SSSR count). The second-order valence-electron chi connectivity index (χ2n) is 6.05. The van der Waals surface area contributed by atoms with E-state index in [0.29, 0.717) is 17.7 Å². The molecule has 27 heavy (non-hydrogen) atoms. The van der Waals surface area contributed by atoms with Crippen molar-refractivity contribution in [2.75, 3.05) is 11.3 Å². The summed E-state index contributed by atoms with van der Waals surface area (Å²) in [4.78, 5) is -0.125. The molecule has 1 aromatic heterocycles. The summed E-state index contributed by atoms with van der Waals surface area (Å²) >= 11 is 0. The Hall–Kier alpha value is -2.91. The van der Waals surface area contributed by atoms with Crippen molar-refractivity contribution >= 4 is 15.7 Å². The van der Waals surface area contributed by atoms with Crippen LogP contribution in [0.15, 0.2) is 59.8 Å². The number of benzene rings is 2. The molecular formula is C18H16FN3O4S. The number of sulfonamides is 1. The van der Waals surface area contributed by atoms with Crippen LogP contribution < -0.4 is 9.46 Å². The zero-order valence-electron chi connectivity index (χ0n) is 14.0. The monoisotopic (exact) mass is 389 g/mol. The molecule has 2 N–H and O–H groups in total. The Balaban J connectivity index is 1.66. The maximum Gasteiger partial charge on any atom is 0.265 e. The van der Waals surface area contributed by atoms with Gasteiger partial charge in [0.2, 0.25) is 0 Å². The van der Waals surface area contributed by atoms with E-state index in [0.717, 1.165) is 10.9 Å². The predicted molar refractivity (Wildman–Crippen MR) is 95.8 cm³/mol. The van der Waals surface area contributed by atoms with E-state index in [1.165, 1.54) is 24.4 Å². The van der Waals surface area contributed by atoms with Crippen LogP contribution in [0.25, 0.3) is 5.69 Å². The molecule has 1 atom stereocenters. The summed E-state index contributed by atoms with van der Waals surface area (Å²) in [5.41, 5.74) is 0.899. The summed E-state index contributed by atoms with van der Waals surface area (Å²) < 4.78 is 48.5. The molecule has 2 heterocycles. The second-order valence-corrected chi connectivity index (χ2v) is 7.74. The fourth-order valence-corrected chi connectivity index (χ4v) is 3.90. The first-order chi connectivity index (χ1) is 13.0. The fourth-order valence-electron chi connectivity index (χ4n) is 2.90. The van der Waals surface area contributed by atoms with Crippen molar-refractivity contribution in [3.05, 3.63) is 66.2 Å². The number of para-hydroxylation sites is 2. The van der Waals surface area contributed by atoms with Gasteiger partial charge in [-0.25, -0.2) is 17.5 Å². The van der Waals surface area contributed by atoms with Crippen molar-refractivity contribution in [1.82, 2.24) is 9.78 Å². The lowest BCUT2D eigenvalue weighted by Gasteiger charge is -2.24. The Labute approximate surface area is 155 Å². The number of aromatic nitrogens is 2. The molecule has 0 radical (unpaired) electrons. The number of aliphatic hydroxyl groups excluding tert-OH is 1. The molecule has 3 aromatic rings. The van der Waals surface area contributed by atoms with Crippen LogP contribution in [0, 0.1) is 5.82 Å². The van der Waals surface area contributed by atoms with E-state index >= 15 is 0 Å². The fraction of sp³-hybridized carbons (Fsp3) is 0.167. The maximum atomic E-state index is 13.9. The summed E-state index contributed by atoms with van der Waals surface area (Å²) in [7, 11) is -3.98. The van der Waals surface area contributed by atoms with Crippen molar-refractivity contribution in [2.45, 2.75) is 17.4 Å². The lowest BCUT2D eigenvalue weighted by Crippen LogP contribution is -2.18. The Morgan fingerprint density at radius 2 is 2.04 bits per heavy atom. The van der Waals surface area contributed by atoms with Crippen molar-refractivity contribution in [3.8, 4) is 11.4 Å². The number of hydrogen-bond donors (Lipinski definition) is 2. The zero-order chi connectivity index (χ0) is 19.0. The maximum absolute atomic E-state index is 13.9. The Morgan fingerprint density at radius 1 is 1.22 bits per heavy atom. The summed E-state index contributed by atoms with van der Waals surface area (Å²) in [5, 5.41) is 14.0. The lowest BCUT2D eigenvalue weighted by atomic mass is 10.0. The van der Waals surface area contributed by atoms with Gasteiger partial charge in [0.05, 0.1) is 30.8 Å². The third-order valence-corrected chi connectivity index (χ3v) is 5.58. The number of nitrogens with zero attached hydrogens (tertiary/aromatic N) is 2. The van der Waals surface area contributed by atoms with Crippen LogP contribution in [0.2, 0.25) is 0 Å².